The van der Waals surface area contributed by atoms with Gasteiger partial charge >= 0.3 is 0 Å². The van der Waals surface area contributed by atoms with Gasteiger partial charge in [-0.25, -0.2) is 0 Å². The van der Waals surface area contributed by atoms with Gasteiger partial charge in [0.2, 0.25) is 0 Å². The van der Waals surface area contributed by atoms with Crippen molar-refractivity contribution in [3.63, 3.8) is 0 Å². The average molecular weight is 320 g/mol. The Morgan fingerprint density at radius 1 is 1.14 bits per heavy atom. The maximum absolute atomic E-state index is 8.69. The van der Waals surface area contributed by atoms with E-state index in [1.807, 2.05) is 18.2 Å². The molecule has 0 aliphatic rings. The minimum absolute atomic E-state index is 0.114. The maximum atomic E-state index is 8.69. The fraction of sp³-hybridized carbons (Fsp3) is 0.294. The summed E-state index contributed by atoms with van der Waals surface area (Å²) < 4.78 is 0.837. The molecule has 0 amide bonds. The summed E-state index contributed by atoms with van der Waals surface area (Å²) in [6, 6.07) is 12.3. The minimum atomic E-state index is 0.114. The van der Waals surface area contributed by atoms with Crippen molar-refractivity contribution in [2.75, 3.05) is 13.7 Å². The van der Waals surface area contributed by atoms with Crippen LogP contribution in [-0.2, 0) is 13.1 Å². The zero-order valence-electron chi connectivity index (χ0n) is 12.0. The summed E-state index contributed by atoms with van der Waals surface area (Å²) in [5.41, 5.74) is 2.24. The number of hydrogen-bond donors (Lipinski definition) is 1. The number of aliphatic hydroxyl groups excluding tert-OH is 1. The summed E-state index contributed by atoms with van der Waals surface area (Å²) in [6.07, 6.45) is 0.522. The molecule has 2 nitrogen and oxygen atoms in total. The monoisotopic (exact) mass is 319 g/mol. The van der Waals surface area contributed by atoms with E-state index in [-0.39, 0.29) is 6.61 Å². The van der Waals surface area contributed by atoms with E-state index in [0.29, 0.717) is 6.42 Å². The lowest BCUT2D eigenvalue weighted by molar-refractivity contribution is 0.305. The van der Waals surface area contributed by atoms with Crippen molar-refractivity contribution in [1.82, 2.24) is 4.90 Å². The summed E-state index contributed by atoms with van der Waals surface area (Å²) in [4.78, 5) is 3.53. The van der Waals surface area contributed by atoms with Crippen molar-refractivity contribution < 1.29 is 5.11 Å². The molecule has 0 spiro atoms. The van der Waals surface area contributed by atoms with E-state index in [4.69, 9.17) is 16.7 Å². The van der Waals surface area contributed by atoms with Crippen LogP contribution in [0, 0.1) is 11.8 Å². The molecule has 2 aromatic rings. The summed E-state index contributed by atoms with van der Waals surface area (Å²) >= 11 is 7.57. The van der Waals surface area contributed by atoms with Gasteiger partial charge in [-0.1, -0.05) is 35.6 Å². The fourth-order valence-electron chi connectivity index (χ4n) is 1.98. The Morgan fingerprint density at radius 3 is 2.52 bits per heavy atom. The van der Waals surface area contributed by atoms with Crippen LogP contribution in [0.2, 0.25) is 4.34 Å². The Morgan fingerprint density at radius 2 is 1.90 bits per heavy atom. The van der Waals surface area contributed by atoms with Crippen LogP contribution in [0.3, 0.4) is 0 Å². The van der Waals surface area contributed by atoms with Crippen molar-refractivity contribution in [2.24, 2.45) is 0 Å². The zero-order chi connectivity index (χ0) is 15.1. The van der Waals surface area contributed by atoms with Crippen molar-refractivity contribution in [1.29, 1.82) is 0 Å². The molecular weight excluding hydrogens is 302 g/mol. The first-order valence-corrected chi connectivity index (χ1v) is 7.98. The number of aliphatic hydroxyl groups is 1. The van der Waals surface area contributed by atoms with Gasteiger partial charge in [0.15, 0.2) is 0 Å². The summed E-state index contributed by atoms with van der Waals surface area (Å²) in [5.74, 6) is 5.96. The lowest BCUT2D eigenvalue weighted by atomic mass is 10.1. The van der Waals surface area contributed by atoms with Crippen LogP contribution >= 0.6 is 22.9 Å². The van der Waals surface area contributed by atoms with Crippen LogP contribution in [0.1, 0.15) is 22.4 Å². The Hall–Kier alpha value is -1.31. The van der Waals surface area contributed by atoms with E-state index in [1.54, 1.807) is 11.3 Å². The number of halogens is 1. The molecule has 0 fully saturated rings. The predicted molar refractivity (Wildman–Crippen MR) is 89.5 cm³/mol. The number of benzene rings is 1. The second-order valence-corrected chi connectivity index (χ2v) is 6.65. The number of nitrogens with zero attached hydrogens (tertiary/aromatic N) is 1. The van der Waals surface area contributed by atoms with Gasteiger partial charge in [0, 0.05) is 30.0 Å². The Kier molecular flexibility index (Phi) is 6.28. The van der Waals surface area contributed by atoms with Gasteiger partial charge in [0.1, 0.15) is 0 Å². The van der Waals surface area contributed by atoms with Crippen LogP contribution in [-0.4, -0.2) is 23.7 Å². The highest BCUT2D eigenvalue weighted by Crippen LogP contribution is 2.22. The molecule has 21 heavy (non-hydrogen) atoms. The number of thiophene rings is 1. The molecular formula is C17H18ClNOS. The normalized spacial score (nSPS) is 10.5. The molecule has 110 valence electrons. The minimum Gasteiger partial charge on any atom is -0.395 e. The van der Waals surface area contributed by atoms with Crippen LogP contribution in [0.4, 0.5) is 0 Å². The molecule has 0 aliphatic carbocycles. The Balaban J connectivity index is 1.89. The number of rotatable bonds is 5. The van der Waals surface area contributed by atoms with Crippen LogP contribution < -0.4 is 0 Å². The molecule has 0 atom stereocenters. The van der Waals surface area contributed by atoms with E-state index >= 15 is 0 Å². The highest BCUT2D eigenvalue weighted by Gasteiger charge is 2.04. The third-order valence-electron chi connectivity index (χ3n) is 2.93. The standard InChI is InChI=1S/C17H18ClNOS/c1-19(13-16-9-10-17(18)21-16)12-15-7-5-14(6-8-15)4-2-3-11-20/h5-10,20H,3,11-13H2,1H3. The van der Waals surface area contributed by atoms with E-state index in [1.165, 1.54) is 10.4 Å². The number of hydrogen-bond acceptors (Lipinski definition) is 3. The van der Waals surface area contributed by atoms with Gasteiger partial charge in [-0.2, -0.15) is 0 Å². The Labute approximate surface area is 135 Å². The maximum Gasteiger partial charge on any atom is 0.0931 e. The third kappa shape index (κ3) is 5.53. The zero-order valence-corrected chi connectivity index (χ0v) is 13.5. The highest BCUT2D eigenvalue weighted by atomic mass is 35.5. The summed E-state index contributed by atoms with van der Waals surface area (Å²) in [7, 11) is 2.10. The van der Waals surface area contributed by atoms with Crippen LogP contribution in [0.5, 0.6) is 0 Å². The SMILES string of the molecule is CN(Cc1ccc(C#CCCO)cc1)Cc1ccc(Cl)s1. The first kappa shape index (κ1) is 16.1. The van der Waals surface area contributed by atoms with E-state index in [0.717, 1.165) is 23.0 Å². The molecule has 1 heterocycles. The van der Waals surface area contributed by atoms with Gasteiger partial charge < -0.3 is 5.11 Å². The smallest absolute Gasteiger partial charge is 0.0931 e. The lowest BCUT2D eigenvalue weighted by Gasteiger charge is -2.15. The molecule has 0 radical (unpaired) electrons. The second kappa shape index (κ2) is 8.21. The molecule has 2 rings (SSSR count). The molecule has 0 saturated carbocycles. The Bertz CT molecular complexity index is 624. The molecule has 0 aliphatic heterocycles. The summed E-state index contributed by atoms with van der Waals surface area (Å²) in [6.45, 7) is 1.90. The van der Waals surface area contributed by atoms with Crippen molar-refractivity contribution in [3.05, 3.63) is 56.7 Å². The van der Waals surface area contributed by atoms with Crippen molar-refractivity contribution >= 4 is 22.9 Å². The van der Waals surface area contributed by atoms with Crippen molar-refractivity contribution in [2.45, 2.75) is 19.5 Å². The molecule has 1 aromatic heterocycles. The molecule has 4 heteroatoms. The highest BCUT2D eigenvalue weighted by molar-refractivity contribution is 7.16. The van der Waals surface area contributed by atoms with Gasteiger partial charge in [-0.05, 0) is 36.9 Å². The largest absolute Gasteiger partial charge is 0.395 e. The van der Waals surface area contributed by atoms with Gasteiger partial charge in [-0.3, -0.25) is 4.90 Å². The van der Waals surface area contributed by atoms with E-state index in [9.17, 15) is 0 Å². The second-order valence-electron chi connectivity index (χ2n) is 4.85. The van der Waals surface area contributed by atoms with E-state index < -0.39 is 0 Å². The van der Waals surface area contributed by atoms with Crippen LogP contribution in [0.15, 0.2) is 36.4 Å². The summed E-state index contributed by atoms with van der Waals surface area (Å²) in [5, 5.41) is 8.69. The fourth-order valence-corrected chi connectivity index (χ4v) is 3.15. The quantitative estimate of drug-likeness (QED) is 0.848. The van der Waals surface area contributed by atoms with Gasteiger partial charge in [0.25, 0.3) is 0 Å². The predicted octanol–water partition coefficient (Wildman–Crippen LogP) is 3.77. The lowest BCUT2D eigenvalue weighted by Crippen LogP contribution is -2.16. The molecule has 0 bridgehead atoms. The van der Waals surface area contributed by atoms with Gasteiger partial charge in [0.05, 0.1) is 10.9 Å². The topological polar surface area (TPSA) is 23.5 Å². The molecule has 0 unspecified atom stereocenters. The molecule has 0 saturated heterocycles. The van der Waals surface area contributed by atoms with Gasteiger partial charge in [-0.15, -0.1) is 11.3 Å². The molecule has 1 aromatic carbocycles. The van der Waals surface area contributed by atoms with Crippen molar-refractivity contribution in [3.8, 4) is 11.8 Å². The third-order valence-corrected chi connectivity index (χ3v) is 4.15. The van der Waals surface area contributed by atoms with Crippen LogP contribution in [0.25, 0.3) is 0 Å². The average Bonchev–Trinajstić information content (AvgIpc) is 2.86. The first-order chi connectivity index (χ1) is 10.2. The molecule has 1 N–H and O–H groups in total. The van der Waals surface area contributed by atoms with E-state index in [2.05, 4.69) is 42.0 Å². The first-order valence-electron chi connectivity index (χ1n) is 6.79.